The Balaban J connectivity index is 4.61. The van der Waals surface area contributed by atoms with Gasteiger partial charge in [0, 0.05) is 19.3 Å². The summed E-state index contributed by atoms with van der Waals surface area (Å²) in [5.74, 6) is -1.10. The summed E-state index contributed by atoms with van der Waals surface area (Å²) in [5.41, 5.74) is 0. The van der Waals surface area contributed by atoms with Gasteiger partial charge in [0.15, 0.2) is 6.10 Å². The Labute approximate surface area is 422 Å². The molecular weight excluding hydrogens is 853 g/mol. The maximum Gasteiger partial charge on any atom is 0.306 e. The third kappa shape index (κ3) is 53.6. The molecule has 0 saturated carbocycles. The van der Waals surface area contributed by atoms with E-state index in [-0.39, 0.29) is 50.4 Å². The molecule has 6 nitrogen and oxygen atoms in total. The molecule has 0 aromatic heterocycles. The molecule has 69 heavy (non-hydrogen) atoms. The lowest BCUT2D eigenvalue weighted by Gasteiger charge is -2.18. The summed E-state index contributed by atoms with van der Waals surface area (Å²) < 4.78 is 16.7. The Morgan fingerprint density at radius 2 is 0.551 bits per heavy atom. The number of carbonyl (C=O) groups is 3. The zero-order chi connectivity index (χ0) is 50.0. The quantitative estimate of drug-likeness (QED) is 0.0262. The second-order valence-electron chi connectivity index (χ2n) is 16.6. The first-order valence-corrected chi connectivity index (χ1v) is 26.6. The van der Waals surface area contributed by atoms with Crippen molar-refractivity contribution >= 4 is 17.9 Å². The molecule has 0 heterocycles. The molecule has 0 N–H and O–H groups in total. The van der Waals surface area contributed by atoms with E-state index in [9.17, 15) is 14.4 Å². The van der Waals surface area contributed by atoms with Gasteiger partial charge in [-0.2, -0.15) is 0 Å². The van der Waals surface area contributed by atoms with Crippen LogP contribution in [0.2, 0.25) is 0 Å². The summed E-state index contributed by atoms with van der Waals surface area (Å²) in [4.78, 5) is 38.0. The number of unbranched alkanes of at least 4 members (excludes halogenated alkanes) is 6. The maximum absolute atomic E-state index is 12.8. The van der Waals surface area contributed by atoms with Crippen molar-refractivity contribution in [2.75, 3.05) is 13.2 Å². The smallest absolute Gasteiger partial charge is 0.306 e. The number of esters is 3. The monoisotopic (exact) mass is 947 g/mol. The predicted molar refractivity (Wildman–Crippen MR) is 297 cm³/mol. The van der Waals surface area contributed by atoms with E-state index in [1.165, 1.54) is 0 Å². The molecule has 6 heteroatoms. The van der Waals surface area contributed by atoms with E-state index in [1.54, 1.807) is 0 Å². The minimum atomic E-state index is -0.847. The summed E-state index contributed by atoms with van der Waals surface area (Å²) in [5, 5.41) is 0. The number of hydrogen-bond acceptors (Lipinski definition) is 6. The third-order valence-electron chi connectivity index (χ3n) is 10.2. The summed E-state index contributed by atoms with van der Waals surface area (Å²) in [7, 11) is 0. The van der Waals surface area contributed by atoms with Crippen LogP contribution in [-0.2, 0) is 28.6 Å². The second-order valence-corrected chi connectivity index (χ2v) is 16.6. The van der Waals surface area contributed by atoms with Crippen molar-refractivity contribution in [1.29, 1.82) is 0 Å². The zero-order valence-corrected chi connectivity index (χ0v) is 43.5. The second kappa shape index (κ2) is 55.4. The van der Waals surface area contributed by atoms with Crippen LogP contribution in [0.4, 0.5) is 0 Å². The van der Waals surface area contributed by atoms with Gasteiger partial charge in [-0.15, -0.1) is 0 Å². The van der Waals surface area contributed by atoms with Crippen LogP contribution >= 0.6 is 0 Å². The Bertz CT molecular complexity index is 1650. The Hall–Kier alpha value is -5.23. The third-order valence-corrected chi connectivity index (χ3v) is 10.2. The normalized spacial score (nSPS) is 13.5. The van der Waals surface area contributed by atoms with Crippen LogP contribution in [0.15, 0.2) is 170 Å². The summed E-state index contributed by atoms with van der Waals surface area (Å²) in [6.07, 6.45) is 82.1. The van der Waals surface area contributed by atoms with Gasteiger partial charge < -0.3 is 14.2 Å². The Kier molecular flexibility index (Phi) is 51.2. The van der Waals surface area contributed by atoms with E-state index in [1.807, 2.05) is 12.2 Å². The molecule has 382 valence electrons. The minimum Gasteiger partial charge on any atom is -0.462 e. The maximum atomic E-state index is 12.8. The average Bonchev–Trinajstić information content (AvgIpc) is 3.35. The number of hydrogen-bond donors (Lipinski definition) is 0. The van der Waals surface area contributed by atoms with Crippen molar-refractivity contribution in [2.45, 2.75) is 194 Å². The average molecular weight is 947 g/mol. The minimum absolute atomic E-state index is 0.142. The summed E-state index contributed by atoms with van der Waals surface area (Å²) >= 11 is 0. The van der Waals surface area contributed by atoms with Crippen LogP contribution in [0.3, 0.4) is 0 Å². The SMILES string of the molecule is CC/C=C\C/C=C\C/C=C\C/C=C\C/C=C\C/C=C\CCCCC(=O)OCC(COC(=O)CC/C=C\C/C=C\C/C=C\C/C=C\CC)OC(=O)CCCCCC/C=C\C/C=C\C/C=C\C/C=C\CC. The molecule has 0 rings (SSSR count). The summed E-state index contributed by atoms with van der Waals surface area (Å²) in [6, 6.07) is 0. The largest absolute Gasteiger partial charge is 0.462 e. The molecule has 0 spiro atoms. The molecule has 0 aromatic carbocycles. The van der Waals surface area contributed by atoms with E-state index in [4.69, 9.17) is 14.2 Å². The molecule has 0 aliphatic heterocycles. The first-order chi connectivity index (χ1) is 34.0. The molecule has 0 aliphatic rings. The van der Waals surface area contributed by atoms with Crippen molar-refractivity contribution in [3.8, 4) is 0 Å². The highest BCUT2D eigenvalue weighted by Gasteiger charge is 2.19. The van der Waals surface area contributed by atoms with Gasteiger partial charge in [-0.25, -0.2) is 0 Å². The van der Waals surface area contributed by atoms with Crippen molar-refractivity contribution in [3.05, 3.63) is 170 Å². The lowest BCUT2D eigenvalue weighted by molar-refractivity contribution is -0.166. The highest BCUT2D eigenvalue weighted by Crippen LogP contribution is 2.11. The van der Waals surface area contributed by atoms with Gasteiger partial charge in [-0.1, -0.05) is 204 Å². The fourth-order valence-electron chi connectivity index (χ4n) is 6.33. The zero-order valence-electron chi connectivity index (χ0n) is 43.5. The standard InChI is InChI=1S/C63H94O6/c1-4-7-10-13-16-19-22-25-27-29-30-31-32-34-35-38-41-44-47-50-53-56-62(65)68-59-60(58-67-61(64)55-52-49-46-43-40-37-24-21-18-15-12-9-6-3)69-63(66)57-54-51-48-45-42-39-36-33-28-26-23-20-17-14-11-8-5-2/h7-12,16-21,25-28,30-31,34-37,39-41,44,46,49,60H,4-6,13-15,22-24,29,32-33,38,42-43,45,47-48,50-59H2,1-3H3/b10-7-,11-8-,12-9-,19-16-,20-17-,21-18-,27-25-,28-26-,31-30-,35-34-,39-36-,40-37-,44-41-,49-46-. The van der Waals surface area contributed by atoms with Crippen molar-refractivity contribution in [2.24, 2.45) is 0 Å². The summed E-state index contributed by atoms with van der Waals surface area (Å²) in [6.45, 7) is 6.14. The molecule has 1 unspecified atom stereocenters. The first kappa shape index (κ1) is 63.8. The molecule has 0 saturated heterocycles. The van der Waals surface area contributed by atoms with Crippen molar-refractivity contribution in [3.63, 3.8) is 0 Å². The van der Waals surface area contributed by atoms with E-state index in [2.05, 4.69) is 179 Å². The Morgan fingerprint density at radius 3 is 0.913 bits per heavy atom. The van der Waals surface area contributed by atoms with Gasteiger partial charge in [0.25, 0.3) is 0 Å². The number of carbonyl (C=O) groups excluding carboxylic acids is 3. The lowest BCUT2D eigenvalue weighted by Crippen LogP contribution is -2.30. The van der Waals surface area contributed by atoms with Crippen molar-refractivity contribution in [1.82, 2.24) is 0 Å². The number of allylic oxidation sites excluding steroid dienone is 28. The molecule has 1 atom stereocenters. The van der Waals surface area contributed by atoms with E-state index in [0.29, 0.717) is 19.3 Å². The molecule has 0 fully saturated rings. The van der Waals surface area contributed by atoms with Crippen LogP contribution in [0.5, 0.6) is 0 Å². The van der Waals surface area contributed by atoms with Crippen LogP contribution in [0, 0.1) is 0 Å². The molecule has 0 aliphatic carbocycles. The van der Waals surface area contributed by atoms with Gasteiger partial charge in [-0.3, -0.25) is 14.4 Å². The first-order valence-electron chi connectivity index (χ1n) is 26.6. The van der Waals surface area contributed by atoms with Gasteiger partial charge >= 0.3 is 17.9 Å². The molecule has 0 amide bonds. The van der Waals surface area contributed by atoms with Gasteiger partial charge in [0.1, 0.15) is 13.2 Å². The lowest BCUT2D eigenvalue weighted by atomic mass is 10.1. The van der Waals surface area contributed by atoms with Crippen LogP contribution in [0.1, 0.15) is 188 Å². The molecular formula is C63H94O6. The molecule has 0 radical (unpaired) electrons. The van der Waals surface area contributed by atoms with Crippen LogP contribution < -0.4 is 0 Å². The predicted octanol–water partition coefficient (Wildman–Crippen LogP) is 18.0. The fraction of sp³-hybridized carbons (Fsp3) is 0.508. The van der Waals surface area contributed by atoms with E-state index < -0.39 is 6.10 Å². The fourth-order valence-corrected chi connectivity index (χ4v) is 6.33. The number of ether oxygens (including phenoxy) is 3. The highest BCUT2D eigenvalue weighted by molar-refractivity contribution is 5.71. The van der Waals surface area contributed by atoms with Gasteiger partial charge in [0.2, 0.25) is 0 Å². The van der Waals surface area contributed by atoms with E-state index >= 15 is 0 Å². The highest BCUT2D eigenvalue weighted by atomic mass is 16.6. The molecule has 0 bridgehead atoms. The topological polar surface area (TPSA) is 78.9 Å². The van der Waals surface area contributed by atoms with Crippen molar-refractivity contribution < 1.29 is 28.6 Å². The van der Waals surface area contributed by atoms with Crippen LogP contribution in [-0.4, -0.2) is 37.2 Å². The Morgan fingerprint density at radius 1 is 0.290 bits per heavy atom. The number of rotatable bonds is 45. The van der Waals surface area contributed by atoms with Crippen LogP contribution in [0.25, 0.3) is 0 Å². The molecule has 0 aromatic rings. The van der Waals surface area contributed by atoms with Gasteiger partial charge in [0.05, 0.1) is 0 Å². The van der Waals surface area contributed by atoms with Gasteiger partial charge in [-0.05, 0) is 135 Å². The van der Waals surface area contributed by atoms with E-state index in [0.717, 1.165) is 128 Å².